The second kappa shape index (κ2) is 6.19. The van der Waals surface area contributed by atoms with E-state index < -0.39 is 0 Å². The molecule has 1 saturated carbocycles. The number of carbonyl (C=O) groups excluding carboxylic acids is 1. The number of fused-ring (bicyclic) bond motifs is 1. The Labute approximate surface area is 159 Å². The van der Waals surface area contributed by atoms with Crippen molar-refractivity contribution in [1.82, 2.24) is 24.8 Å². The summed E-state index contributed by atoms with van der Waals surface area (Å²) in [7, 11) is 0. The van der Waals surface area contributed by atoms with Crippen LogP contribution in [0, 0.1) is 5.92 Å². The standard InChI is InChI=1S/C20H20N6O.2H2/c21-18-17(19-24-14-3-1-2-4-15(14)25-19)23-16(11-22-18)12-7-9-26(10-8-12)20(27)13-5-6-13;;/h1-4,7,11,13H,5-6,8-10H2,(H2,21,22)(H,24,25);2*1H. The fraction of sp³-hybridized carbons (Fsp3) is 0.300. The number of anilines is 1. The van der Waals surface area contributed by atoms with Gasteiger partial charge in [0.2, 0.25) is 5.91 Å². The van der Waals surface area contributed by atoms with Crippen LogP contribution in [0.5, 0.6) is 0 Å². The summed E-state index contributed by atoms with van der Waals surface area (Å²) in [6.45, 7) is 1.36. The van der Waals surface area contributed by atoms with Gasteiger partial charge in [-0.15, -0.1) is 0 Å². The minimum Gasteiger partial charge on any atom is -0.382 e. The number of aromatic amines is 1. The van der Waals surface area contributed by atoms with Gasteiger partial charge in [-0.25, -0.2) is 15.0 Å². The van der Waals surface area contributed by atoms with Crippen molar-refractivity contribution in [2.24, 2.45) is 5.92 Å². The lowest BCUT2D eigenvalue weighted by atomic mass is 10.0. The number of benzene rings is 1. The van der Waals surface area contributed by atoms with E-state index in [2.05, 4.69) is 21.0 Å². The summed E-state index contributed by atoms with van der Waals surface area (Å²) in [4.78, 5) is 31.0. The average Bonchev–Trinajstić information content (AvgIpc) is 3.46. The summed E-state index contributed by atoms with van der Waals surface area (Å²) in [5, 5.41) is 0. The molecule has 2 aliphatic rings. The molecule has 7 nitrogen and oxygen atoms in total. The SMILES string of the molecule is Nc1ncc(C2=CCN(C(=O)C3CC3)CC2)nc1-c1nc2ccccc2[nH]1.[HH].[HH]. The summed E-state index contributed by atoms with van der Waals surface area (Å²) >= 11 is 0. The summed E-state index contributed by atoms with van der Waals surface area (Å²) < 4.78 is 0. The Morgan fingerprint density at radius 2 is 2.11 bits per heavy atom. The van der Waals surface area contributed by atoms with Crippen LogP contribution in [0.15, 0.2) is 36.5 Å². The third-order valence-electron chi connectivity index (χ3n) is 5.19. The van der Waals surface area contributed by atoms with Crippen molar-refractivity contribution in [3.05, 3.63) is 42.2 Å². The van der Waals surface area contributed by atoms with Gasteiger partial charge in [-0.05, 0) is 37.0 Å². The van der Waals surface area contributed by atoms with E-state index in [-0.39, 0.29) is 14.7 Å². The van der Waals surface area contributed by atoms with E-state index in [4.69, 9.17) is 10.7 Å². The van der Waals surface area contributed by atoms with Crippen molar-refractivity contribution in [2.75, 3.05) is 18.8 Å². The smallest absolute Gasteiger partial charge is 0.225 e. The zero-order valence-electron chi connectivity index (χ0n) is 14.9. The number of carbonyl (C=O) groups is 1. The van der Waals surface area contributed by atoms with Gasteiger partial charge in [0.25, 0.3) is 0 Å². The Bertz CT molecular complexity index is 1040. The lowest BCUT2D eigenvalue weighted by molar-refractivity contribution is -0.132. The van der Waals surface area contributed by atoms with Gasteiger partial charge in [-0.3, -0.25) is 4.79 Å². The van der Waals surface area contributed by atoms with Gasteiger partial charge in [0.05, 0.1) is 22.9 Å². The molecule has 3 heterocycles. The molecule has 0 saturated heterocycles. The third kappa shape index (κ3) is 2.95. The highest BCUT2D eigenvalue weighted by Gasteiger charge is 2.33. The number of nitrogens with one attached hydrogen (secondary N) is 1. The van der Waals surface area contributed by atoms with E-state index >= 15 is 0 Å². The van der Waals surface area contributed by atoms with Gasteiger partial charge < -0.3 is 15.6 Å². The van der Waals surface area contributed by atoms with Gasteiger partial charge in [0.15, 0.2) is 11.6 Å². The van der Waals surface area contributed by atoms with Crippen molar-refractivity contribution in [2.45, 2.75) is 19.3 Å². The molecule has 140 valence electrons. The topological polar surface area (TPSA) is 101 Å². The number of nitrogen functional groups attached to an aromatic ring is 1. The van der Waals surface area contributed by atoms with Gasteiger partial charge >= 0.3 is 0 Å². The number of para-hydroxylation sites is 2. The molecule has 5 rings (SSSR count). The molecule has 1 fully saturated rings. The molecule has 0 atom stereocenters. The fourth-order valence-corrected chi connectivity index (χ4v) is 3.48. The van der Waals surface area contributed by atoms with Crippen molar-refractivity contribution in [1.29, 1.82) is 0 Å². The van der Waals surface area contributed by atoms with Crippen molar-refractivity contribution in [3.63, 3.8) is 0 Å². The molecular formula is C20H24N6O. The monoisotopic (exact) mass is 364 g/mol. The van der Waals surface area contributed by atoms with Crippen LogP contribution in [0.1, 0.15) is 27.8 Å². The zero-order chi connectivity index (χ0) is 18.4. The fourth-order valence-electron chi connectivity index (χ4n) is 3.48. The molecule has 3 aromatic rings. The molecule has 1 aliphatic carbocycles. The molecule has 3 N–H and O–H groups in total. The normalized spacial score (nSPS) is 17.2. The number of aromatic nitrogens is 4. The second-order valence-electron chi connectivity index (χ2n) is 7.13. The van der Waals surface area contributed by atoms with Crippen LogP contribution >= 0.6 is 0 Å². The maximum atomic E-state index is 12.2. The number of rotatable bonds is 3. The first-order valence-corrected chi connectivity index (χ1v) is 9.25. The van der Waals surface area contributed by atoms with E-state index in [1.54, 1.807) is 6.20 Å². The number of hydrogen-bond donors (Lipinski definition) is 2. The van der Waals surface area contributed by atoms with E-state index in [1.807, 2.05) is 29.2 Å². The predicted octanol–water partition coefficient (Wildman–Crippen LogP) is 3.12. The first-order chi connectivity index (χ1) is 13.2. The van der Waals surface area contributed by atoms with E-state index in [1.165, 1.54) is 0 Å². The number of imidazole rings is 1. The molecule has 0 radical (unpaired) electrons. The number of amides is 1. The Morgan fingerprint density at radius 3 is 2.85 bits per heavy atom. The molecule has 1 amide bonds. The molecule has 0 bridgehead atoms. The van der Waals surface area contributed by atoms with Gasteiger partial charge in [0, 0.05) is 21.9 Å². The van der Waals surface area contributed by atoms with Crippen LogP contribution in [-0.2, 0) is 4.79 Å². The van der Waals surface area contributed by atoms with Gasteiger partial charge in [-0.1, -0.05) is 18.2 Å². The predicted molar refractivity (Wildman–Crippen MR) is 108 cm³/mol. The quantitative estimate of drug-likeness (QED) is 0.743. The van der Waals surface area contributed by atoms with Crippen LogP contribution < -0.4 is 5.73 Å². The first kappa shape index (κ1) is 16.0. The largest absolute Gasteiger partial charge is 0.382 e. The molecular weight excluding hydrogens is 340 g/mol. The van der Waals surface area contributed by atoms with Crippen LogP contribution in [0.3, 0.4) is 0 Å². The molecule has 0 unspecified atom stereocenters. The Kier molecular flexibility index (Phi) is 3.67. The highest BCUT2D eigenvalue weighted by atomic mass is 16.2. The number of hydrogen-bond acceptors (Lipinski definition) is 5. The van der Waals surface area contributed by atoms with E-state index in [0.717, 1.165) is 48.1 Å². The molecule has 1 aromatic carbocycles. The summed E-state index contributed by atoms with van der Waals surface area (Å²) in [5.74, 6) is 1.51. The molecule has 1 aliphatic heterocycles. The highest BCUT2D eigenvalue weighted by Crippen LogP contribution is 2.33. The van der Waals surface area contributed by atoms with E-state index in [9.17, 15) is 4.79 Å². The maximum absolute atomic E-state index is 12.2. The molecule has 2 aromatic heterocycles. The molecule has 27 heavy (non-hydrogen) atoms. The maximum Gasteiger partial charge on any atom is 0.225 e. The molecule has 0 spiro atoms. The number of nitrogens with two attached hydrogens (primary N) is 1. The minimum atomic E-state index is 0. The van der Waals surface area contributed by atoms with Crippen LogP contribution in [-0.4, -0.2) is 43.8 Å². The summed E-state index contributed by atoms with van der Waals surface area (Å²) in [6, 6.07) is 7.81. The average molecular weight is 364 g/mol. The summed E-state index contributed by atoms with van der Waals surface area (Å²) in [6.07, 6.45) is 6.63. The highest BCUT2D eigenvalue weighted by molar-refractivity contribution is 5.83. The molecule has 7 heteroatoms. The zero-order valence-corrected chi connectivity index (χ0v) is 14.9. The van der Waals surface area contributed by atoms with Crippen molar-refractivity contribution >= 4 is 28.3 Å². The number of nitrogens with zero attached hydrogens (tertiary/aromatic N) is 4. The van der Waals surface area contributed by atoms with Gasteiger partial charge in [-0.2, -0.15) is 0 Å². The Balaban J connectivity index is 0.00000120. The Hall–Kier alpha value is -3.22. The summed E-state index contributed by atoms with van der Waals surface area (Å²) in [5.41, 5.74) is 10.3. The minimum absolute atomic E-state index is 0. The lowest BCUT2D eigenvalue weighted by Gasteiger charge is -2.26. The van der Waals surface area contributed by atoms with Crippen molar-refractivity contribution in [3.8, 4) is 11.5 Å². The van der Waals surface area contributed by atoms with E-state index in [0.29, 0.717) is 23.9 Å². The second-order valence-corrected chi connectivity index (χ2v) is 7.13. The lowest BCUT2D eigenvalue weighted by Crippen LogP contribution is -2.35. The van der Waals surface area contributed by atoms with Crippen LogP contribution in [0.2, 0.25) is 0 Å². The van der Waals surface area contributed by atoms with Gasteiger partial charge in [0.1, 0.15) is 5.69 Å². The van der Waals surface area contributed by atoms with Crippen molar-refractivity contribution < 1.29 is 7.65 Å². The third-order valence-corrected chi connectivity index (χ3v) is 5.19. The van der Waals surface area contributed by atoms with Crippen LogP contribution in [0.25, 0.3) is 28.1 Å². The van der Waals surface area contributed by atoms with Crippen LogP contribution in [0.4, 0.5) is 5.82 Å². The first-order valence-electron chi connectivity index (χ1n) is 9.25. The Morgan fingerprint density at radius 1 is 1.26 bits per heavy atom. The number of H-pyrrole nitrogens is 1.